The van der Waals surface area contributed by atoms with E-state index in [4.69, 9.17) is 23.9 Å². The van der Waals surface area contributed by atoms with Gasteiger partial charge in [-0.25, -0.2) is 4.79 Å². The molecule has 0 atom stereocenters. The number of carbonyl (C=O) groups is 1. The van der Waals surface area contributed by atoms with Gasteiger partial charge >= 0.3 is 18.3 Å². The van der Waals surface area contributed by atoms with Crippen LogP contribution in [0.1, 0.15) is 46.5 Å². The number of hydrogen-bond acceptors (Lipinski definition) is 9. The van der Waals surface area contributed by atoms with Crippen LogP contribution >= 0.6 is 38.5 Å². The Morgan fingerprint density at radius 1 is 1.11 bits per heavy atom. The van der Waals surface area contributed by atoms with Gasteiger partial charge in [-0.1, -0.05) is 0 Å². The topological polar surface area (TPSA) is 89.5 Å². The van der Waals surface area contributed by atoms with Crippen LogP contribution in [-0.4, -0.2) is 109 Å². The summed E-state index contributed by atoms with van der Waals surface area (Å²) in [5, 5.41) is 0.604. The maximum Gasteiger partial charge on any atom is 0.422 e. The Morgan fingerprint density at radius 2 is 1.78 bits per heavy atom. The number of carbonyl (C=O) groups excluding carboxylic acids is 1. The first-order valence-corrected chi connectivity index (χ1v) is 17.2. The highest BCUT2D eigenvalue weighted by Crippen LogP contribution is 2.45. The predicted molar refractivity (Wildman–Crippen MR) is 173 cm³/mol. The minimum atomic E-state index is -4.52. The van der Waals surface area contributed by atoms with Gasteiger partial charge in [-0.15, -0.1) is 0 Å². The van der Waals surface area contributed by atoms with Gasteiger partial charge in [-0.05, 0) is 91.0 Å². The van der Waals surface area contributed by atoms with Gasteiger partial charge in [0.1, 0.15) is 23.0 Å². The van der Waals surface area contributed by atoms with Gasteiger partial charge in [0.2, 0.25) is 0 Å². The average Bonchev–Trinajstić information content (AvgIpc) is 2.91. The van der Waals surface area contributed by atoms with Crippen LogP contribution in [0.25, 0.3) is 10.9 Å². The quantitative estimate of drug-likeness (QED) is 0.326. The van der Waals surface area contributed by atoms with E-state index in [-0.39, 0.29) is 34.9 Å². The van der Waals surface area contributed by atoms with Gasteiger partial charge in [0.15, 0.2) is 12.4 Å². The van der Waals surface area contributed by atoms with Crippen LogP contribution < -0.4 is 14.4 Å². The van der Waals surface area contributed by atoms with Gasteiger partial charge in [-0.3, -0.25) is 4.90 Å². The lowest BCUT2D eigenvalue weighted by Crippen LogP contribution is -2.62. The Bertz CT molecular complexity index is 1420. The average molecular weight is 812 g/mol. The zero-order valence-electron chi connectivity index (χ0n) is 25.6. The van der Waals surface area contributed by atoms with Gasteiger partial charge in [-0.2, -0.15) is 23.1 Å². The molecule has 0 saturated carbocycles. The number of fused-ring (bicyclic) bond motifs is 1. The number of rotatable bonds is 6. The summed E-state index contributed by atoms with van der Waals surface area (Å²) < 4.78 is 63.5. The third-order valence-electron chi connectivity index (χ3n) is 8.89. The molecule has 1 aromatic carbocycles. The molecule has 248 valence electrons. The molecule has 5 heterocycles. The molecule has 4 aliphatic rings. The van der Waals surface area contributed by atoms with E-state index in [1.165, 1.54) is 0 Å². The standard InChI is InChI=1S/C30H38BrF3IN5O5/c1-28(2,3)45-27(41)40-15-29(16-40)6-10-39(11-7-29)25-20-12-21(35)22(31)24(43-17-30(32,33)34)23(20)36-26(37-25)44-19-4-8-38(9-5-19)18-13-42-14-18/h12,18-19H,4-11,13-17H2,1-3H3. The highest BCUT2D eigenvalue weighted by molar-refractivity contribution is 14.1. The number of benzene rings is 1. The molecule has 4 saturated heterocycles. The zero-order valence-corrected chi connectivity index (χ0v) is 29.3. The molecule has 1 amide bonds. The fraction of sp³-hybridized carbons (Fsp3) is 0.700. The summed E-state index contributed by atoms with van der Waals surface area (Å²) in [6.45, 7) is 10.00. The lowest BCUT2D eigenvalue weighted by Gasteiger charge is -2.53. The molecule has 15 heteroatoms. The largest absolute Gasteiger partial charge is 0.481 e. The highest BCUT2D eigenvalue weighted by Gasteiger charge is 2.48. The second-order valence-corrected chi connectivity index (χ2v) is 15.5. The first-order valence-electron chi connectivity index (χ1n) is 15.3. The second kappa shape index (κ2) is 12.6. The van der Waals surface area contributed by atoms with Crippen molar-refractivity contribution in [2.45, 2.75) is 70.4 Å². The fourth-order valence-electron chi connectivity index (χ4n) is 6.40. The SMILES string of the molecule is CC(C)(C)OC(=O)N1CC2(CCN(c3nc(OC4CCN(C5COC5)CC4)nc4c(OCC(F)(F)F)c(Br)c(I)cc34)CC2)C1. The van der Waals surface area contributed by atoms with Gasteiger partial charge < -0.3 is 28.7 Å². The number of ether oxygens (including phenoxy) is 4. The molecule has 2 aromatic rings. The molecule has 0 aliphatic carbocycles. The van der Waals surface area contributed by atoms with E-state index < -0.39 is 18.4 Å². The highest BCUT2D eigenvalue weighted by atomic mass is 127. The lowest BCUT2D eigenvalue weighted by molar-refractivity contribution is -0.153. The molecular formula is C30H38BrF3IN5O5. The van der Waals surface area contributed by atoms with E-state index >= 15 is 0 Å². The van der Waals surface area contributed by atoms with E-state index in [1.807, 2.05) is 26.8 Å². The van der Waals surface area contributed by atoms with E-state index in [0.29, 0.717) is 51.5 Å². The summed E-state index contributed by atoms with van der Waals surface area (Å²) in [7, 11) is 0. The summed E-state index contributed by atoms with van der Waals surface area (Å²) >= 11 is 5.52. The Kier molecular flexibility index (Phi) is 9.29. The number of anilines is 1. The van der Waals surface area contributed by atoms with Crippen LogP contribution in [0.15, 0.2) is 10.5 Å². The number of likely N-dealkylation sites (tertiary alicyclic amines) is 2. The molecule has 6 rings (SSSR count). The van der Waals surface area contributed by atoms with Crippen LogP contribution in [-0.2, 0) is 9.47 Å². The number of amides is 1. The molecule has 1 spiro atoms. The van der Waals surface area contributed by atoms with Gasteiger partial charge in [0, 0.05) is 53.6 Å². The third-order valence-corrected chi connectivity index (χ3v) is 11.3. The zero-order chi connectivity index (χ0) is 32.1. The molecule has 4 aliphatic heterocycles. The number of nitrogens with zero attached hydrogens (tertiary/aromatic N) is 5. The third kappa shape index (κ3) is 7.51. The predicted octanol–water partition coefficient (Wildman–Crippen LogP) is 6.02. The first-order chi connectivity index (χ1) is 21.2. The van der Waals surface area contributed by atoms with Crippen molar-refractivity contribution in [2.24, 2.45) is 5.41 Å². The molecule has 0 radical (unpaired) electrons. The number of piperidine rings is 2. The minimum absolute atomic E-state index is 0.00739. The van der Waals surface area contributed by atoms with Crippen molar-refractivity contribution >= 4 is 61.3 Å². The Hall–Kier alpha value is -1.85. The van der Waals surface area contributed by atoms with Crippen molar-refractivity contribution < 1.29 is 36.9 Å². The number of halogens is 5. The van der Waals surface area contributed by atoms with Crippen LogP contribution in [0, 0.1) is 8.99 Å². The lowest BCUT2D eigenvalue weighted by atomic mass is 9.72. The molecule has 1 aromatic heterocycles. The van der Waals surface area contributed by atoms with Crippen LogP contribution in [0.2, 0.25) is 0 Å². The summed E-state index contributed by atoms with van der Waals surface area (Å²) in [6.07, 6.45) is -1.66. The summed E-state index contributed by atoms with van der Waals surface area (Å²) in [5.74, 6) is 0.627. The van der Waals surface area contributed by atoms with Crippen molar-refractivity contribution in [2.75, 3.05) is 64.0 Å². The normalized spacial score (nSPS) is 21.5. The van der Waals surface area contributed by atoms with Gasteiger partial charge in [0.25, 0.3) is 0 Å². The van der Waals surface area contributed by atoms with Crippen LogP contribution in [0.3, 0.4) is 0 Å². The van der Waals surface area contributed by atoms with Crippen LogP contribution in [0.4, 0.5) is 23.8 Å². The number of alkyl halides is 3. The van der Waals surface area contributed by atoms with E-state index in [2.05, 4.69) is 53.3 Å². The summed E-state index contributed by atoms with van der Waals surface area (Å²) in [5.41, 5.74) is -0.266. The molecule has 10 nitrogen and oxygen atoms in total. The number of aromatic nitrogens is 2. The summed E-state index contributed by atoms with van der Waals surface area (Å²) in [6, 6.07) is 2.46. The minimum Gasteiger partial charge on any atom is -0.481 e. The molecule has 0 N–H and O–H groups in total. The second-order valence-electron chi connectivity index (χ2n) is 13.5. The van der Waals surface area contributed by atoms with Crippen LogP contribution in [0.5, 0.6) is 11.8 Å². The molecule has 4 fully saturated rings. The van der Waals surface area contributed by atoms with Crippen molar-refractivity contribution in [1.82, 2.24) is 19.8 Å². The van der Waals surface area contributed by atoms with Crippen molar-refractivity contribution in [3.63, 3.8) is 0 Å². The fourth-order valence-corrected chi connectivity index (χ4v) is 7.37. The molecule has 0 bridgehead atoms. The Labute approximate surface area is 282 Å². The van der Waals surface area contributed by atoms with Gasteiger partial charge in [0.05, 0.1) is 23.7 Å². The van der Waals surface area contributed by atoms with Crippen molar-refractivity contribution in [3.05, 3.63) is 14.1 Å². The molecule has 0 unspecified atom stereocenters. The first kappa shape index (κ1) is 33.1. The monoisotopic (exact) mass is 811 g/mol. The smallest absolute Gasteiger partial charge is 0.422 e. The Balaban J connectivity index is 1.24. The van der Waals surface area contributed by atoms with E-state index in [1.54, 1.807) is 4.90 Å². The maximum absolute atomic E-state index is 13.3. The molecular weight excluding hydrogens is 774 g/mol. The van der Waals surface area contributed by atoms with E-state index in [9.17, 15) is 18.0 Å². The van der Waals surface area contributed by atoms with E-state index in [0.717, 1.165) is 52.0 Å². The Morgan fingerprint density at radius 3 is 2.36 bits per heavy atom. The summed E-state index contributed by atoms with van der Waals surface area (Å²) in [4.78, 5) is 28.4. The maximum atomic E-state index is 13.3. The number of hydrogen-bond donors (Lipinski definition) is 0. The van der Waals surface area contributed by atoms with Crippen molar-refractivity contribution in [3.8, 4) is 11.8 Å². The molecule has 45 heavy (non-hydrogen) atoms. The van der Waals surface area contributed by atoms with Crippen molar-refractivity contribution in [1.29, 1.82) is 0 Å².